The lowest BCUT2D eigenvalue weighted by Gasteiger charge is -2.46. The van der Waals surface area contributed by atoms with Crippen LogP contribution in [0.2, 0.25) is 0 Å². The van der Waals surface area contributed by atoms with Crippen molar-refractivity contribution in [2.45, 2.75) is 348 Å². The first-order valence-electron chi connectivity index (χ1n) is 33.1. The summed E-state index contributed by atoms with van der Waals surface area (Å²) in [6, 6.07) is 0. The van der Waals surface area contributed by atoms with Crippen molar-refractivity contribution in [1.82, 2.24) is 0 Å². The van der Waals surface area contributed by atoms with Gasteiger partial charge >= 0.3 is 22.3 Å². The van der Waals surface area contributed by atoms with Gasteiger partial charge in [-0.2, -0.15) is 8.42 Å². The Kier molecular flexibility index (Phi) is 41.8. The van der Waals surface area contributed by atoms with Crippen molar-refractivity contribution in [1.29, 1.82) is 0 Å². The first-order valence-corrected chi connectivity index (χ1v) is 34.5. The number of hydrogen-bond donors (Lipinski definition) is 7. The van der Waals surface area contributed by atoms with E-state index in [1.54, 1.807) is 6.92 Å². The summed E-state index contributed by atoms with van der Waals surface area (Å²) < 4.78 is 67.3. The summed E-state index contributed by atoms with van der Waals surface area (Å²) >= 11 is 0. The zero-order chi connectivity index (χ0) is 60.9. The van der Waals surface area contributed by atoms with E-state index in [4.69, 9.17) is 23.7 Å². The topological polar surface area (TPSA) is 265 Å². The van der Waals surface area contributed by atoms with E-state index >= 15 is 0 Å². The molecule has 2 fully saturated rings. The van der Waals surface area contributed by atoms with E-state index in [-0.39, 0.29) is 24.4 Å². The van der Waals surface area contributed by atoms with Crippen LogP contribution in [0.4, 0.5) is 0 Å². The molecule has 0 amide bonds. The predicted molar refractivity (Wildman–Crippen MR) is 321 cm³/mol. The SMILES string of the molecule is CCCCCCCCCCCCCCCCCC(=O)OC1C(OC2OC(CO)C(O)C(O)C2OS(=O)(=O)O)OC(CO)C(O)C1OC(=O)C(C)CC(C)CC(C)CC(C)CC(C)CC(C)C(O)CCCCCCCCCCCCCCC. The second-order valence-corrected chi connectivity index (χ2v) is 26.7. The lowest BCUT2D eigenvalue weighted by molar-refractivity contribution is -0.374. The number of unbranched alkanes of at least 4 members (excludes halogenated alkanes) is 26. The molecule has 486 valence electrons. The van der Waals surface area contributed by atoms with E-state index < -0.39 is 103 Å². The average molecular weight is 1200 g/mol. The standard InChI is InChI=1S/C64H122O17S/c1-9-11-13-15-17-19-21-23-24-26-28-30-32-34-36-38-55(68)78-61-59(57(70)54(45-66)77-64(61)80-63-60(81-82(73,74)75)58(71)56(69)53(44-65)76-63)79-62(72)51(8)43-49(6)41-47(4)39-46(3)40-48(5)42-50(7)52(67)37-35-33-31-29-27-25-22-20-18-16-14-12-10-2/h46-54,56-61,63-67,69-71H,9-45H2,1-8H3,(H,73,74,75). The van der Waals surface area contributed by atoms with Crippen LogP contribution in [0.15, 0.2) is 0 Å². The molecule has 82 heavy (non-hydrogen) atoms. The highest BCUT2D eigenvalue weighted by Gasteiger charge is 2.55. The Morgan fingerprint density at radius 3 is 1.28 bits per heavy atom. The molecule has 17 unspecified atom stereocenters. The van der Waals surface area contributed by atoms with Gasteiger partial charge in [0.15, 0.2) is 24.6 Å². The smallest absolute Gasteiger partial charge is 0.397 e. The van der Waals surface area contributed by atoms with Gasteiger partial charge in [-0.05, 0) is 74.5 Å². The van der Waals surface area contributed by atoms with Crippen LogP contribution < -0.4 is 0 Å². The number of rotatable bonds is 50. The molecule has 2 aliphatic rings. The molecule has 18 heteroatoms. The molecule has 7 N–H and O–H groups in total. The molecule has 2 saturated heterocycles. The van der Waals surface area contributed by atoms with Gasteiger partial charge in [0.2, 0.25) is 6.29 Å². The second-order valence-electron chi connectivity index (χ2n) is 25.7. The summed E-state index contributed by atoms with van der Waals surface area (Å²) in [4.78, 5) is 27.7. The fraction of sp³-hybridized carbons (Fsp3) is 0.969. The maximum absolute atomic E-state index is 14.0. The Morgan fingerprint density at radius 2 is 0.854 bits per heavy atom. The average Bonchev–Trinajstić information content (AvgIpc) is 3.63. The Balaban J connectivity index is 2.00. The summed E-state index contributed by atoms with van der Waals surface area (Å²) in [5.74, 6) is -0.543. The fourth-order valence-corrected chi connectivity index (χ4v) is 13.1. The highest BCUT2D eigenvalue weighted by atomic mass is 32.3. The summed E-state index contributed by atoms with van der Waals surface area (Å²) in [5.41, 5.74) is 0. The molecule has 17 nitrogen and oxygen atoms in total. The molecule has 0 aromatic heterocycles. The van der Waals surface area contributed by atoms with Crippen molar-refractivity contribution in [3.8, 4) is 0 Å². The molecule has 2 aliphatic heterocycles. The summed E-state index contributed by atoms with van der Waals surface area (Å²) in [5, 5.41) is 64.3. The molecule has 0 aliphatic carbocycles. The third kappa shape index (κ3) is 33.0. The monoisotopic (exact) mass is 1190 g/mol. The number of esters is 2. The first-order chi connectivity index (χ1) is 39.1. The highest BCUT2D eigenvalue weighted by molar-refractivity contribution is 7.80. The number of carbonyl (C=O) groups excluding carboxylic acids is 2. The van der Waals surface area contributed by atoms with Crippen LogP contribution in [0.25, 0.3) is 0 Å². The zero-order valence-electron chi connectivity index (χ0n) is 52.6. The largest absolute Gasteiger partial charge is 0.455 e. The molecule has 0 bridgehead atoms. The van der Waals surface area contributed by atoms with E-state index in [0.29, 0.717) is 30.6 Å². The summed E-state index contributed by atoms with van der Waals surface area (Å²) in [7, 11) is -5.32. The van der Waals surface area contributed by atoms with Gasteiger partial charge in [-0.3, -0.25) is 14.1 Å². The number of hydrogen-bond acceptors (Lipinski definition) is 16. The van der Waals surface area contributed by atoms with E-state index in [1.807, 2.05) is 0 Å². The van der Waals surface area contributed by atoms with Crippen LogP contribution in [0.5, 0.6) is 0 Å². The van der Waals surface area contributed by atoms with Crippen molar-refractivity contribution >= 4 is 22.3 Å². The fourth-order valence-electron chi connectivity index (χ4n) is 12.6. The van der Waals surface area contributed by atoms with Crippen LogP contribution in [-0.2, 0) is 47.9 Å². The minimum Gasteiger partial charge on any atom is -0.455 e. The van der Waals surface area contributed by atoms with Crippen LogP contribution in [-0.4, -0.2) is 136 Å². The highest BCUT2D eigenvalue weighted by Crippen LogP contribution is 2.35. The Labute approximate surface area is 497 Å². The normalized spacial score (nSPS) is 25.9. The van der Waals surface area contributed by atoms with Gasteiger partial charge < -0.3 is 54.3 Å². The van der Waals surface area contributed by atoms with E-state index in [1.165, 1.54) is 135 Å². The van der Waals surface area contributed by atoms with E-state index in [2.05, 4.69) is 52.6 Å². The van der Waals surface area contributed by atoms with Crippen LogP contribution >= 0.6 is 0 Å². The molecule has 0 spiro atoms. The summed E-state index contributed by atoms with van der Waals surface area (Å²) in [6.07, 6.45) is 20.5. The molecular weight excluding hydrogens is 1070 g/mol. The number of aliphatic hydroxyl groups excluding tert-OH is 6. The predicted octanol–water partition coefficient (Wildman–Crippen LogP) is 12.4. The molecule has 2 heterocycles. The maximum atomic E-state index is 14.0. The molecular formula is C64H122O17S. The van der Waals surface area contributed by atoms with Crippen molar-refractivity contribution in [2.24, 2.45) is 35.5 Å². The molecule has 0 radical (unpaired) electrons. The number of carbonyl (C=O) groups is 2. The second kappa shape index (κ2) is 44.8. The Morgan fingerprint density at radius 1 is 0.476 bits per heavy atom. The molecule has 17 atom stereocenters. The van der Waals surface area contributed by atoms with Crippen molar-refractivity contribution in [3.05, 3.63) is 0 Å². The van der Waals surface area contributed by atoms with Crippen LogP contribution in [0, 0.1) is 35.5 Å². The molecule has 0 aromatic rings. The lowest BCUT2D eigenvalue weighted by atomic mass is 9.81. The lowest BCUT2D eigenvalue weighted by Crippen LogP contribution is -2.65. The van der Waals surface area contributed by atoms with Gasteiger partial charge in [0.05, 0.1) is 25.2 Å². The van der Waals surface area contributed by atoms with Gasteiger partial charge in [0.25, 0.3) is 0 Å². The van der Waals surface area contributed by atoms with Crippen molar-refractivity contribution in [3.63, 3.8) is 0 Å². The molecule has 0 aromatic carbocycles. The van der Waals surface area contributed by atoms with Gasteiger partial charge in [-0.25, -0.2) is 4.18 Å². The third-order valence-corrected chi connectivity index (χ3v) is 17.7. The molecule has 2 rings (SSSR count). The van der Waals surface area contributed by atoms with Crippen LogP contribution in [0.3, 0.4) is 0 Å². The Hall–Kier alpha value is -1.55. The van der Waals surface area contributed by atoms with Crippen molar-refractivity contribution in [2.75, 3.05) is 13.2 Å². The first kappa shape index (κ1) is 76.5. The van der Waals surface area contributed by atoms with Gasteiger partial charge in [-0.1, -0.05) is 229 Å². The maximum Gasteiger partial charge on any atom is 0.397 e. The number of ether oxygens (including phenoxy) is 5. The van der Waals surface area contributed by atoms with Crippen molar-refractivity contribution < 1.29 is 81.1 Å². The Bertz CT molecular complexity index is 1710. The number of aliphatic hydroxyl groups is 6. The van der Waals surface area contributed by atoms with E-state index in [9.17, 15) is 53.2 Å². The minimum atomic E-state index is -5.32. The van der Waals surface area contributed by atoms with Gasteiger partial charge in [0.1, 0.15) is 30.5 Å². The summed E-state index contributed by atoms with van der Waals surface area (Å²) in [6.45, 7) is 15.5. The zero-order valence-corrected chi connectivity index (χ0v) is 53.4. The quantitative estimate of drug-likeness (QED) is 0.0170. The third-order valence-electron chi connectivity index (χ3n) is 17.2. The van der Waals surface area contributed by atoms with Gasteiger partial charge in [-0.15, -0.1) is 0 Å². The van der Waals surface area contributed by atoms with Gasteiger partial charge in [0, 0.05) is 6.42 Å². The minimum absolute atomic E-state index is 0.0565. The van der Waals surface area contributed by atoms with Crippen LogP contribution in [0.1, 0.15) is 280 Å². The molecule has 0 saturated carbocycles. The van der Waals surface area contributed by atoms with E-state index in [0.717, 1.165) is 70.6 Å².